The highest BCUT2D eigenvalue weighted by molar-refractivity contribution is 5.79. The largest absolute Gasteiger partial charge is 0.573 e. The lowest BCUT2D eigenvalue weighted by molar-refractivity contribution is -0.274. The van der Waals surface area contributed by atoms with Crippen LogP contribution in [0.25, 0.3) is 0 Å². The molecule has 0 spiro atoms. The van der Waals surface area contributed by atoms with Gasteiger partial charge >= 0.3 is 18.3 Å². The minimum Gasteiger partial charge on any atom is -0.496 e. The van der Waals surface area contributed by atoms with E-state index in [1.807, 2.05) is 0 Å². The maximum absolute atomic E-state index is 13.9. The van der Waals surface area contributed by atoms with Gasteiger partial charge in [-0.1, -0.05) is 0 Å². The number of carbonyl (C=O) groups is 1. The van der Waals surface area contributed by atoms with Gasteiger partial charge in [0.25, 0.3) is 0 Å². The number of benzene rings is 1. The van der Waals surface area contributed by atoms with E-state index >= 15 is 0 Å². The summed E-state index contributed by atoms with van der Waals surface area (Å²) in [4.78, 5) is 11.3. The maximum Gasteiger partial charge on any atom is 0.573 e. The molecule has 1 aromatic rings. The van der Waals surface area contributed by atoms with Crippen LogP contribution >= 0.6 is 0 Å². The average Bonchev–Trinajstić information content (AvgIpc) is 2.44. The van der Waals surface area contributed by atoms with E-state index in [2.05, 4.69) is 9.47 Å². The van der Waals surface area contributed by atoms with Gasteiger partial charge in [0.05, 0.1) is 13.7 Å². The molecule has 0 aliphatic rings. The number of methoxy groups -OCH3 is 1. The Morgan fingerprint density at radius 3 is 2.35 bits per heavy atom. The second-order valence-electron chi connectivity index (χ2n) is 4.27. The zero-order valence-corrected chi connectivity index (χ0v) is 12.1. The lowest BCUT2D eigenvalue weighted by Gasteiger charge is -2.23. The number of nitrogens with two attached hydrogens (primary N) is 1. The zero-order chi connectivity index (χ0) is 17.8. The van der Waals surface area contributed by atoms with Gasteiger partial charge in [0.2, 0.25) is 0 Å². The summed E-state index contributed by atoms with van der Waals surface area (Å²) in [5.74, 6) is -6.99. The van der Waals surface area contributed by atoms with Crippen LogP contribution in [0.3, 0.4) is 0 Å². The Bertz CT molecular complexity index is 562. The summed E-state index contributed by atoms with van der Waals surface area (Å²) in [7, 11) is 1.05. The van der Waals surface area contributed by atoms with E-state index in [0.29, 0.717) is 0 Å². The number of carbonyl (C=O) groups excluding carboxylic acids is 1. The Balaban J connectivity index is 3.14. The predicted octanol–water partition coefficient (Wildman–Crippen LogP) is 2.79. The third kappa shape index (κ3) is 4.68. The highest BCUT2D eigenvalue weighted by Gasteiger charge is 2.48. The van der Waals surface area contributed by atoms with Crippen molar-refractivity contribution < 1.29 is 41.0 Å². The van der Waals surface area contributed by atoms with E-state index in [1.54, 1.807) is 0 Å². The Labute approximate surface area is 128 Å². The van der Waals surface area contributed by atoms with Crippen LogP contribution < -0.4 is 15.2 Å². The number of hydrogen-bond donors (Lipinski definition) is 1. The highest BCUT2D eigenvalue weighted by atomic mass is 19.4. The Hall–Kier alpha value is -2.10. The summed E-state index contributed by atoms with van der Waals surface area (Å²) in [5.41, 5.74) is 4.99. The van der Waals surface area contributed by atoms with E-state index in [1.165, 1.54) is 6.92 Å². The first-order valence-corrected chi connectivity index (χ1v) is 6.27. The molecule has 1 atom stereocenters. The number of alkyl halides is 5. The third-order valence-electron chi connectivity index (χ3n) is 2.71. The van der Waals surface area contributed by atoms with Crippen LogP contribution in [-0.4, -0.2) is 32.0 Å². The van der Waals surface area contributed by atoms with Crippen LogP contribution in [0.2, 0.25) is 0 Å². The monoisotopic (exact) mass is 343 g/mol. The number of rotatable bonds is 6. The molecule has 1 aromatic carbocycles. The number of ether oxygens (including phenoxy) is 3. The van der Waals surface area contributed by atoms with Crippen molar-refractivity contribution >= 4 is 5.97 Å². The molecule has 0 amide bonds. The van der Waals surface area contributed by atoms with Gasteiger partial charge < -0.3 is 19.9 Å². The van der Waals surface area contributed by atoms with Crippen LogP contribution in [0.15, 0.2) is 18.2 Å². The first-order chi connectivity index (χ1) is 10.5. The summed E-state index contributed by atoms with van der Waals surface area (Å²) < 4.78 is 76.9. The van der Waals surface area contributed by atoms with Crippen molar-refractivity contribution in [1.82, 2.24) is 0 Å². The highest BCUT2D eigenvalue weighted by Crippen LogP contribution is 2.38. The maximum atomic E-state index is 13.9. The molecule has 0 fully saturated rings. The lowest BCUT2D eigenvalue weighted by Crippen LogP contribution is -2.41. The summed E-state index contributed by atoms with van der Waals surface area (Å²) >= 11 is 0. The summed E-state index contributed by atoms with van der Waals surface area (Å²) in [5, 5.41) is 0. The molecule has 0 saturated heterocycles. The minimum atomic E-state index is -4.95. The lowest BCUT2D eigenvalue weighted by atomic mass is 10.00. The van der Waals surface area contributed by atoms with E-state index in [0.717, 1.165) is 25.3 Å². The van der Waals surface area contributed by atoms with Crippen LogP contribution in [0.1, 0.15) is 18.5 Å². The molecule has 1 rings (SSSR count). The molecule has 0 saturated carbocycles. The summed E-state index contributed by atoms with van der Waals surface area (Å²) in [6.45, 7) is 1.06. The SMILES string of the molecule is CCOC(=O)C(F)(F)[C@H](N)c1ccc(OC(F)(F)F)cc1OC. The molecule has 0 unspecified atom stereocenters. The summed E-state index contributed by atoms with van der Waals surface area (Å²) in [6, 6.07) is 0.213. The van der Waals surface area contributed by atoms with E-state index in [-0.39, 0.29) is 17.9 Å². The molecule has 5 nitrogen and oxygen atoms in total. The van der Waals surface area contributed by atoms with Crippen molar-refractivity contribution in [2.24, 2.45) is 5.73 Å². The normalized spacial score (nSPS) is 13.4. The number of halogens is 5. The number of hydrogen-bond acceptors (Lipinski definition) is 5. The van der Waals surface area contributed by atoms with Crippen LogP contribution in [0.4, 0.5) is 22.0 Å². The van der Waals surface area contributed by atoms with Gasteiger partial charge in [0, 0.05) is 11.6 Å². The van der Waals surface area contributed by atoms with Gasteiger partial charge in [0.15, 0.2) is 0 Å². The molecule has 0 aliphatic carbocycles. The van der Waals surface area contributed by atoms with Crippen LogP contribution in [-0.2, 0) is 9.53 Å². The van der Waals surface area contributed by atoms with Gasteiger partial charge in [-0.05, 0) is 19.1 Å². The van der Waals surface area contributed by atoms with Crippen molar-refractivity contribution in [2.45, 2.75) is 25.3 Å². The zero-order valence-electron chi connectivity index (χ0n) is 12.1. The van der Waals surface area contributed by atoms with Crippen molar-refractivity contribution in [3.63, 3.8) is 0 Å². The number of esters is 1. The molecule has 0 aliphatic heterocycles. The van der Waals surface area contributed by atoms with Gasteiger partial charge in [-0.3, -0.25) is 0 Å². The molecule has 0 aromatic heterocycles. The fourth-order valence-electron chi connectivity index (χ4n) is 1.70. The molecule has 23 heavy (non-hydrogen) atoms. The molecule has 10 heteroatoms. The molecule has 2 N–H and O–H groups in total. The minimum absolute atomic E-state index is 0.281. The van der Waals surface area contributed by atoms with Crippen LogP contribution in [0.5, 0.6) is 11.5 Å². The van der Waals surface area contributed by atoms with Crippen molar-refractivity contribution in [1.29, 1.82) is 0 Å². The molecule has 130 valence electrons. The van der Waals surface area contributed by atoms with Crippen LogP contribution in [0, 0.1) is 0 Å². The van der Waals surface area contributed by atoms with Gasteiger partial charge in [0.1, 0.15) is 17.5 Å². The second kappa shape index (κ2) is 6.99. The van der Waals surface area contributed by atoms with Crippen molar-refractivity contribution in [3.8, 4) is 11.5 Å². The fraction of sp³-hybridized carbons (Fsp3) is 0.462. The molecule has 0 bridgehead atoms. The van der Waals surface area contributed by atoms with Crippen molar-refractivity contribution in [3.05, 3.63) is 23.8 Å². The Morgan fingerprint density at radius 1 is 1.26 bits per heavy atom. The molecular formula is C13H14F5NO4. The van der Waals surface area contributed by atoms with Crippen molar-refractivity contribution in [2.75, 3.05) is 13.7 Å². The predicted molar refractivity (Wildman–Crippen MR) is 68.2 cm³/mol. The van der Waals surface area contributed by atoms with E-state index in [9.17, 15) is 26.7 Å². The van der Waals surface area contributed by atoms with Gasteiger partial charge in [-0.15, -0.1) is 13.2 Å². The Morgan fingerprint density at radius 2 is 1.87 bits per heavy atom. The van der Waals surface area contributed by atoms with E-state index in [4.69, 9.17) is 10.5 Å². The van der Waals surface area contributed by atoms with Gasteiger partial charge in [-0.2, -0.15) is 8.78 Å². The topological polar surface area (TPSA) is 70.8 Å². The Kier molecular flexibility index (Phi) is 5.75. The third-order valence-corrected chi connectivity index (χ3v) is 2.71. The molecule has 0 heterocycles. The molecule has 0 radical (unpaired) electrons. The summed E-state index contributed by atoms with van der Waals surface area (Å²) in [6.07, 6.45) is -4.95. The first-order valence-electron chi connectivity index (χ1n) is 6.27. The molecular weight excluding hydrogens is 329 g/mol. The second-order valence-corrected chi connectivity index (χ2v) is 4.27. The van der Waals surface area contributed by atoms with Gasteiger partial charge in [-0.25, -0.2) is 4.79 Å². The standard InChI is InChI=1S/C13H14F5NO4/c1-3-22-11(20)12(14,15)10(19)8-5-4-7(6-9(8)21-2)23-13(16,17)18/h4-6,10H,3,19H2,1-2H3/t10-/m1/s1. The first kappa shape index (κ1) is 18.9. The fourth-order valence-corrected chi connectivity index (χ4v) is 1.70. The smallest absolute Gasteiger partial charge is 0.496 e. The van der Waals surface area contributed by atoms with E-state index < -0.39 is 30.0 Å². The quantitative estimate of drug-likeness (QED) is 0.635. The average molecular weight is 343 g/mol.